The number of rotatable bonds is 4. The third kappa shape index (κ3) is 3.97. The van der Waals surface area contributed by atoms with Crippen LogP contribution in [0.3, 0.4) is 0 Å². The fourth-order valence-corrected chi connectivity index (χ4v) is 2.74. The summed E-state index contributed by atoms with van der Waals surface area (Å²) in [5.74, 6) is -0.408. The van der Waals surface area contributed by atoms with Crippen LogP contribution in [0.25, 0.3) is 0 Å². The second-order valence-electron chi connectivity index (χ2n) is 6.31. The Morgan fingerprint density at radius 1 is 1.29 bits per heavy atom. The van der Waals surface area contributed by atoms with E-state index in [0.29, 0.717) is 11.3 Å². The molecule has 21 heavy (non-hydrogen) atoms. The topological polar surface area (TPSA) is 84.2 Å². The summed E-state index contributed by atoms with van der Waals surface area (Å²) >= 11 is 0. The maximum atomic E-state index is 11.9. The van der Waals surface area contributed by atoms with E-state index < -0.39 is 0 Å². The molecule has 5 heteroatoms. The summed E-state index contributed by atoms with van der Waals surface area (Å²) in [7, 11) is 0. The summed E-state index contributed by atoms with van der Waals surface area (Å²) < 4.78 is 0. The van der Waals surface area contributed by atoms with Gasteiger partial charge >= 0.3 is 0 Å². The number of nitrogens with one attached hydrogen (secondary N) is 2. The number of carbonyl (C=O) groups excluding carboxylic acids is 2. The van der Waals surface area contributed by atoms with Crippen LogP contribution in [0.4, 0.5) is 5.69 Å². The lowest BCUT2D eigenvalue weighted by molar-refractivity contribution is -0.121. The van der Waals surface area contributed by atoms with Crippen molar-refractivity contribution < 1.29 is 9.59 Å². The Morgan fingerprint density at radius 2 is 1.95 bits per heavy atom. The lowest BCUT2D eigenvalue weighted by Crippen LogP contribution is -2.45. The van der Waals surface area contributed by atoms with E-state index in [4.69, 9.17) is 5.73 Å². The monoisotopic (exact) mass is 289 g/mol. The van der Waals surface area contributed by atoms with Crippen molar-refractivity contribution in [3.63, 3.8) is 0 Å². The quantitative estimate of drug-likeness (QED) is 0.738. The highest BCUT2D eigenvalue weighted by Gasteiger charge is 2.35. The first-order valence-corrected chi connectivity index (χ1v) is 7.31. The predicted molar refractivity (Wildman–Crippen MR) is 82.8 cm³/mol. The van der Waals surface area contributed by atoms with Gasteiger partial charge in [-0.3, -0.25) is 9.59 Å². The second-order valence-corrected chi connectivity index (χ2v) is 6.31. The van der Waals surface area contributed by atoms with E-state index in [1.807, 2.05) is 0 Å². The van der Waals surface area contributed by atoms with E-state index >= 15 is 0 Å². The summed E-state index contributed by atoms with van der Waals surface area (Å²) in [6.45, 7) is 4.32. The molecule has 0 aliphatic heterocycles. The minimum absolute atomic E-state index is 0.00418. The molecule has 1 saturated carbocycles. The Kier molecular flexibility index (Phi) is 4.50. The Bertz CT molecular complexity index is 523. The van der Waals surface area contributed by atoms with Gasteiger partial charge < -0.3 is 16.4 Å². The first-order chi connectivity index (χ1) is 9.88. The number of nitrogens with two attached hydrogens (primary N) is 1. The first kappa shape index (κ1) is 15.4. The van der Waals surface area contributed by atoms with Gasteiger partial charge in [-0.1, -0.05) is 20.3 Å². The van der Waals surface area contributed by atoms with Gasteiger partial charge in [0, 0.05) is 17.3 Å². The van der Waals surface area contributed by atoms with Gasteiger partial charge in [0.1, 0.15) is 0 Å². The molecule has 1 aromatic rings. The molecule has 1 atom stereocenters. The highest BCUT2D eigenvalue weighted by atomic mass is 16.2. The molecule has 0 heterocycles. The van der Waals surface area contributed by atoms with Crippen molar-refractivity contribution >= 4 is 17.5 Å². The number of benzene rings is 1. The Morgan fingerprint density at radius 3 is 2.52 bits per heavy atom. The summed E-state index contributed by atoms with van der Waals surface area (Å²) in [4.78, 5) is 23.8. The van der Waals surface area contributed by atoms with E-state index in [1.165, 1.54) is 0 Å². The minimum Gasteiger partial charge on any atom is -0.399 e. The lowest BCUT2D eigenvalue weighted by atomic mass is 9.87. The number of nitrogen functional groups attached to an aromatic ring is 1. The molecule has 0 spiro atoms. The van der Waals surface area contributed by atoms with Crippen LogP contribution in [0.2, 0.25) is 0 Å². The molecule has 0 bridgehead atoms. The second kappa shape index (κ2) is 6.16. The van der Waals surface area contributed by atoms with Gasteiger partial charge in [-0.15, -0.1) is 0 Å². The normalized spacial score (nSPS) is 20.0. The van der Waals surface area contributed by atoms with Crippen LogP contribution in [0.5, 0.6) is 0 Å². The Hall–Kier alpha value is -2.04. The van der Waals surface area contributed by atoms with Crippen molar-refractivity contribution in [2.45, 2.75) is 39.2 Å². The van der Waals surface area contributed by atoms with Crippen LogP contribution < -0.4 is 16.4 Å². The third-order valence-corrected chi connectivity index (χ3v) is 4.17. The molecule has 1 fully saturated rings. The van der Waals surface area contributed by atoms with Crippen molar-refractivity contribution in [2.24, 2.45) is 5.41 Å². The number of amides is 2. The third-order valence-electron chi connectivity index (χ3n) is 4.17. The van der Waals surface area contributed by atoms with E-state index in [2.05, 4.69) is 24.5 Å². The maximum absolute atomic E-state index is 11.9. The van der Waals surface area contributed by atoms with Crippen molar-refractivity contribution in [1.29, 1.82) is 0 Å². The van der Waals surface area contributed by atoms with Gasteiger partial charge in [-0.25, -0.2) is 0 Å². The van der Waals surface area contributed by atoms with Crippen LogP contribution in [0, 0.1) is 5.41 Å². The predicted octanol–water partition coefficient (Wildman–Crippen LogP) is 1.69. The highest BCUT2D eigenvalue weighted by molar-refractivity contribution is 5.96. The van der Waals surface area contributed by atoms with Crippen molar-refractivity contribution in [2.75, 3.05) is 12.3 Å². The minimum atomic E-state index is -0.268. The molecule has 2 amide bonds. The Balaban J connectivity index is 1.81. The van der Waals surface area contributed by atoms with Crippen molar-refractivity contribution in [3.8, 4) is 0 Å². The van der Waals surface area contributed by atoms with Crippen LogP contribution in [0.15, 0.2) is 24.3 Å². The number of anilines is 1. The summed E-state index contributed by atoms with van der Waals surface area (Å²) in [6.07, 6.45) is 3.26. The van der Waals surface area contributed by atoms with Crippen LogP contribution in [-0.2, 0) is 4.79 Å². The van der Waals surface area contributed by atoms with Crippen LogP contribution in [-0.4, -0.2) is 24.4 Å². The van der Waals surface area contributed by atoms with Gasteiger partial charge in [0.15, 0.2) is 0 Å². The van der Waals surface area contributed by atoms with Crippen LogP contribution >= 0.6 is 0 Å². The standard InChI is InChI=1S/C16H23N3O2/c1-16(2)9-3-4-13(16)19-14(20)10-18-15(21)11-5-7-12(17)8-6-11/h5-8,13H,3-4,9-10,17H2,1-2H3,(H,18,21)(H,19,20). The highest BCUT2D eigenvalue weighted by Crippen LogP contribution is 2.36. The number of carbonyl (C=O) groups is 2. The molecule has 0 saturated heterocycles. The van der Waals surface area contributed by atoms with Crippen LogP contribution in [0.1, 0.15) is 43.5 Å². The summed E-state index contributed by atoms with van der Waals surface area (Å²) in [5.41, 5.74) is 6.81. The molecule has 1 aromatic carbocycles. The van der Waals surface area contributed by atoms with Gasteiger partial charge in [0.05, 0.1) is 6.54 Å². The van der Waals surface area contributed by atoms with E-state index in [1.54, 1.807) is 24.3 Å². The average molecular weight is 289 g/mol. The zero-order valence-electron chi connectivity index (χ0n) is 12.6. The van der Waals surface area contributed by atoms with Gasteiger partial charge in [0.25, 0.3) is 5.91 Å². The molecule has 0 aromatic heterocycles. The lowest BCUT2D eigenvalue weighted by Gasteiger charge is -2.27. The molecule has 1 unspecified atom stereocenters. The maximum Gasteiger partial charge on any atom is 0.251 e. The number of hydrogen-bond acceptors (Lipinski definition) is 3. The smallest absolute Gasteiger partial charge is 0.251 e. The van der Waals surface area contributed by atoms with Gasteiger partial charge in [-0.05, 0) is 42.5 Å². The van der Waals surface area contributed by atoms with Gasteiger partial charge in [0.2, 0.25) is 5.91 Å². The number of hydrogen-bond donors (Lipinski definition) is 3. The van der Waals surface area contributed by atoms with Crippen molar-refractivity contribution in [3.05, 3.63) is 29.8 Å². The van der Waals surface area contributed by atoms with Crippen molar-refractivity contribution in [1.82, 2.24) is 10.6 Å². The molecule has 2 rings (SSSR count). The molecular formula is C16H23N3O2. The fraction of sp³-hybridized carbons (Fsp3) is 0.500. The molecule has 1 aliphatic carbocycles. The molecule has 4 N–H and O–H groups in total. The van der Waals surface area contributed by atoms with E-state index in [-0.39, 0.29) is 29.8 Å². The van der Waals surface area contributed by atoms with E-state index in [9.17, 15) is 9.59 Å². The van der Waals surface area contributed by atoms with E-state index in [0.717, 1.165) is 19.3 Å². The average Bonchev–Trinajstić information content (AvgIpc) is 2.76. The van der Waals surface area contributed by atoms with Gasteiger partial charge in [-0.2, -0.15) is 0 Å². The first-order valence-electron chi connectivity index (χ1n) is 7.31. The molecule has 5 nitrogen and oxygen atoms in total. The summed E-state index contributed by atoms with van der Waals surface area (Å²) in [6, 6.07) is 6.80. The zero-order valence-corrected chi connectivity index (χ0v) is 12.6. The summed E-state index contributed by atoms with van der Waals surface area (Å²) in [5, 5.41) is 5.64. The fourth-order valence-electron chi connectivity index (χ4n) is 2.74. The molecule has 1 aliphatic rings. The molecular weight excluding hydrogens is 266 g/mol. The zero-order chi connectivity index (χ0) is 15.5. The largest absolute Gasteiger partial charge is 0.399 e. The Labute approximate surface area is 125 Å². The molecule has 0 radical (unpaired) electrons. The molecule has 114 valence electrons. The SMILES string of the molecule is CC1(C)CCCC1NC(=O)CNC(=O)c1ccc(N)cc1.